The number of hydrogen-bond donors (Lipinski definition) is 1. The van der Waals surface area contributed by atoms with Crippen LogP contribution < -0.4 is 5.32 Å². The van der Waals surface area contributed by atoms with Crippen molar-refractivity contribution in [1.82, 2.24) is 9.88 Å². The van der Waals surface area contributed by atoms with Gasteiger partial charge in [-0.2, -0.15) is 0 Å². The molecule has 1 atom stereocenters. The molecule has 2 heterocycles. The van der Waals surface area contributed by atoms with Crippen molar-refractivity contribution >= 4 is 33.0 Å². The molecule has 1 aliphatic rings. The lowest BCUT2D eigenvalue weighted by Gasteiger charge is -2.33. The molecular weight excluding hydrogens is 398 g/mol. The van der Waals surface area contributed by atoms with E-state index in [2.05, 4.69) is 15.2 Å². The lowest BCUT2D eigenvalue weighted by Crippen LogP contribution is -2.34. The van der Waals surface area contributed by atoms with Gasteiger partial charge in [0.05, 0.1) is 15.6 Å². The fraction of sp³-hybridized carbons (Fsp3) is 0.400. The maximum Gasteiger partial charge on any atom is 0.221 e. The Morgan fingerprint density at radius 2 is 2.04 bits per heavy atom. The zero-order valence-electron chi connectivity index (χ0n) is 16.0. The Morgan fingerprint density at radius 3 is 2.68 bits per heavy atom. The van der Waals surface area contributed by atoms with E-state index in [0.29, 0.717) is 10.7 Å². The van der Waals surface area contributed by atoms with Gasteiger partial charge in [0, 0.05) is 44.1 Å². The highest BCUT2D eigenvalue weighted by Gasteiger charge is 2.27. The van der Waals surface area contributed by atoms with Crippen molar-refractivity contribution in [3.8, 4) is 0 Å². The normalized spacial score (nSPS) is 18.0. The van der Waals surface area contributed by atoms with Crippen LogP contribution in [0.1, 0.15) is 36.9 Å². The van der Waals surface area contributed by atoms with E-state index < -0.39 is 9.84 Å². The van der Waals surface area contributed by atoms with Crippen LogP contribution in [0.5, 0.6) is 0 Å². The third kappa shape index (κ3) is 5.31. The average Bonchev–Trinajstić information content (AvgIpc) is 2.62. The van der Waals surface area contributed by atoms with Crippen molar-refractivity contribution in [2.45, 2.75) is 37.1 Å². The SMILES string of the molecule is CC(=O)Nc1ccc(CN2CCC[C@@H](c3ncc(Cl)cc3S(C)(=O)=O)C2)cc1. The van der Waals surface area contributed by atoms with Crippen molar-refractivity contribution < 1.29 is 13.2 Å². The van der Waals surface area contributed by atoms with Crippen molar-refractivity contribution in [3.05, 3.63) is 52.8 Å². The highest BCUT2D eigenvalue weighted by Crippen LogP contribution is 2.32. The summed E-state index contributed by atoms with van der Waals surface area (Å²) in [7, 11) is -3.40. The zero-order chi connectivity index (χ0) is 20.3. The number of benzene rings is 1. The number of rotatable bonds is 5. The molecule has 3 rings (SSSR count). The van der Waals surface area contributed by atoms with E-state index >= 15 is 0 Å². The summed E-state index contributed by atoms with van der Waals surface area (Å²) in [5.41, 5.74) is 2.52. The largest absolute Gasteiger partial charge is 0.326 e. The van der Waals surface area contributed by atoms with E-state index in [4.69, 9.17) is 11.6 Å². The lowest BCUT2D eigenvalue weighted by molar-refractivity contribution is -0.114. The highest BCUT2D eigenvalue weighted by molar-refractivity contribution is 7.90. The van der Waals surface area contributed by atoms with E-state index in [1.807, 2.05) is 24.3 Å². The molecule has 150 valence electrons. The zero-order valence-corrected chi connectivity index (χ0v) is 17.6. The molecule has 28 heavy (non-hydrogen) atoms. The minimum absolute atomic E-state index is 0.0504. The first-order valence-electron chi connectivity index (χ1n) is 9.17. The standard InChI is InChI=1S/C20H24ClN3O3S/c1-14(25)23-18-7-5-15(6-8-18)12-24-9-3-4-16(13-24)20-19(28(2,26)27)10-17(21)11-22-20/h5-8,10-11,16H,3-4,9,12-13H2,1-2H3,(H,23,25)/t16-/m1/s1. The van der Waals surface area contributed by atoms with E-state index in [9.17, 15) is 13.2 Å². The van der Waals surface area contributed by atoms with Crippen LogP contribution >= 0.6 is 11.6 Å². The summed E-state index contributed by atoms with van der Waals surface area (Å²) in [6, 6.07) is 9.27. The summed E-state index contributed by atoms with van der Waals surface area (Å²) >= 11 is 5.98. The minimum Gasteiger partial charge on any atom is -0.326 e. The molecule has 1 saturated heterocycles. The van der Waals surface area contributed by atoms with Gasteiger partial charge in [-0.3, -0.25) is 14.7 Å². The van der Waals surface area contributed by atoms with Crippen LogP contribution in [0.25, 0.3) is 0 Å². The fourth-order valence-corrected chi connectivity index (χ4v) is 4.78. The molecule has 1 aromatic heterocycles. The van der Waals surface area contributed by atoms with E-state index in [1.54, 1.807) is 0 Å². The van der Waals surface area contributed by atoms with Crippen LogP contribution in [0.3, 0.4) is 0 Å². The molecule has 1 aliphatic heterocycles. The Bertz CT molecular complexity index is 961. The Labute approximate surface area is 170 Å². The first kappa shape index (κ1) is 20.8. The number of sulfone groups is 1. The minimum atomic E-state index is -3.40. The van der Waals surface area contributed by atoms with Gasteiger partial charge in [-0.15, -0.1) is 0 Å². The maximum absolute atomic E-state index is 12.2. The lowest BCUT2D eigenvalue weighted by atomic mass is 9.94. The van der Waals surface area contributed by atoms with Gasteiger partial charge in [0.25, 0.3) is 0 Å². The number of amides is 1. The smallest absolute Gasteiger partial charge is 0.221 e. The molecular formula is C20H24ClN3O3S. The van der Waals surface area contributed by atoms with Crippen molar-refractivity contribution in [2.75, 3.05) is 24.7 Å². The molecule has 0 spiro atoms. The molecule has 1 N–H and O–H groups in total. The second-order valence-corrected chi connectivity index (χ2v) is 9.68. The molecule has 1 amide bonds. The molecule has 1 fully saturated rings. The number of nitrogens with one attached hydrogen (secondary N) is 1. The number of carbonyl (C=O) groups excluding carboxylic acids is 1. The number of halogens is 1. The molecule has 0 saturated carbocycles. The number of carbonyl (C=O) groups is 1. The van der Waals surface area contributed by atoms with Crippen LogP contribution in [0.2, 0.25) is 5.02 Å². The van der Waals surface area contributed by atoms with E-state index in [-0.39, 0.29) is 16.7 Å². The van der Waals surface area contributed by atoms with Crippen LogP contribution in [-0.2, 0) is 21.2 Å². The Morgan fingerprint density at radius 1 is 1.32 bits per heavy atom. The van der Waals surface area contributed by atoms with Gasteiger partial charge < -0.3 is 5.32 Å². The second kappa shape index (κ2) is 8.59. The Balaban J connectivity index is 1.74. The quantitative estimate of drug-likeness (QED) is 0.799. The van der Waals surface area contributed by atoms with Gasteiger partial charge >= 0.3 is 0 Å². The number of aromatic nitrogens is 1. The van der Waals surface area contributed by atoms with Crippen LogP contribution in [-0.4, -0.2) is 43.6 Å². The number of pyridine rings is 1. The average molecular weight is 422 g/mol. The maximum atomic E-state index is 12.2. The van der Waals surface area contributed by atoms with Gasteiger partial charge in [-0.05, 0) is 43.1 Å². The molecule has 0 aliphatic carbocycles. The predicted molar refractivity (Wildman–Crippen MR) is 110 cm³/mol. The molecule has 6 nitrogen and oxygen atoms in total. The van der Waals surface area contributed by atoms with Crippen molar-refractivity contribution in [1.29, 1.82) is 0 Å². The topological polar surface area (TPSA) is 79.4 Å². The Kier molecular flexibility index (Phi) is 6.37. The van der Waals surface area contributed by atoms with Gasteiger partial charge in [-0.25, -0.2) is 8.42 Å². The summed E-state index contributed by atoms with van der Waals surface area (Å²) in [5.74, 6) is -0.0434. The summed E-state index contributed by atoms with van der Waals surface area (Å²) in [6.45, 7) is 3.94. The highest BCUT2D eigenvalue weighted by atomic mass is 35.5. The first-order valence-corrected chi connectivity index (χ1v) is 11.4. The van der Waals surface area contributed by atoms with Crippen LogP contribution in [0.15, 0.2) is 41.4 Å². The number of nitrogens with zero attached hydrogens (tertiary/aromatic N) is 2. The van der Waals surface area contributed by atoms with Crippen molar-refractivity contribution in [2.24, 2.45) is 0 Å². The summed E-state index contributed by atoms with van der Waals surface area (Å²) in [5, 5.41) is 3.09. The number of likely N-dealkylation sites (tertiary alicyclic amines) is 1. The third-order valence-electron chi connectivity index (χ3n) is 4.82. The number of anilines is 1. The fourth-order valence-electron chi connectivity index (χ4n) is 3.61. The van der Waals surface area contributed by atoms with Crippen LogP contribution in [0, 0.1) is 0 Å². The second-order valence-electron chi connectivity index (χ2n) is 7.26. The van der Waals surface area contributed by atoms with Crippen molar-refractivity contribution in [3.63, 3.8) is 0 Å². The Hall–Kier alpha value is -1.96. The number of hydrogen-bond acceptors (Lipinski definition) is 5. The predicted octanol–water partition coefficient (Wildman–Crippen LogP) is 3.48. The molecule has 0 bridgehead atoms. The van der Waals surface area contributed by atoms with Gasteiger partial charge in [0.1, 0.15) is 0 Å². The number of piperidine rings is 1. The van der Waals surface area contributed by atoms with E-state index in [0.717, 1.165) is 43.7 Å². The molecule has 0 unspecified atom stereocenters. The molecule has 2 aromatic rings. The summed E-state index contributed by atoms with van der Waals surface area (Å²) < 4.78 is 24.4. The van der Waals surface area contributed by atoms with Gasteiger partial charge in [-0.1, -0.05) is 23.7 Å². The van der Waals surface area contributed by atoms with Gasteiger partial charge in [0.15, 0.2) is 9.84 Å². The third-order valence-corrected chi connectivity index (χ3v) is 6.15. The summed E-state index contributed by atoms with van der Waals surface area (Å²) in [6.07, 6.45) is 4.59. The summed E-state index contributed by atoms with van der Waals surface area (Å²) in [4.78, 5) is 18.0. The molecule has 1 aromatic carbocycles. The van der Waals surface area contributed by atoms with Gasteiger partial charge in [0.2, 0.25) is 5.91 Å². The van der Waals surface area contributed by atoms with E-state index in [1.165, 1.54) is 25.4 Å². The first-order chi connectivity index (χ1) is 13.2. The molecule has 8 heteroatoms. The monoisotopic (exact) mass is 421 g/mol. The van der Waals surface area contributed by atoms with Crippen LogP contribution in [0.4, 0.5) is 5.69 Å². The molecule has 0 radical (unpaired) electrons.